The van der Waals surface area contributed by atoms with Crippen LogP contribution in [-0.2, 0) is 4.74 Å². The van der Waals surface area contributed by atoms with Gasteiger partial charge < -0.3 is 16.2 Å². The van der Waals surface area contributed by atoms with Crippen molar-refractivity contribution >= 4 is 24.8 Å². The maximum Gasteiger partial charge on any atom is 0.137 e. The molecule has 0 saturated heterocycles. The van der Waals surface area contributed by atoms with Crippen molar-refractivity contribution in [1.82, 2.24) is 0 Å². The first-order valence-electron chi connectivity index (χ1n) is 3.26. The summed E-state index contributed by atoms with van der Waals surface area (Å²) in [5.74, 6) is 0. The van der Waals surface area contributed by atoms with Gasteiger partial charge >= 0.3 is 0 Å². The molecule has 0 fully saturated rings. The van der Waals surface area contributed by atoms with E-state index in [0.717, 1.165) is 0 Å². The van der Waals surface area contributed by atoms with E-state index in [9.17, 15) is 4.39 Å². The highest BCUT2D eigenvalue weighted by molar-refractivity contribution is 5.85. The van der Waals surface area contributed by atoms with Gasteiger partial charge in [0.25, 0.3) is 0 Å². The molecule has 6 heteroatoms. The molecule has 0 aromatic carbocycles. The topological polar surface area (TPSA) is 61.3 Å². The molecule has 0 saturated carbocycles. The van der Waals surface area contributed by atoms with Crippen LogP contribution in [0.5, 0.6) is 0 Å². The van der Waals surface area contributed by atoms with Crippen LogP contribution in [0.2, 0.25) is 0 Å². The van der Waals surface area contributed by atoms with E-state index in [2.05, 4.69) is 0 Å². The van der Waals surface area contributed by atoms with Crippen LogP contribution in [0.15, 0.2) is 0 Å². The number of rotatable bonds is 5. The number of alkyl halides is 1. The van der Waals surface area contributed by atoms with Gasteiger partial charge in [-0.25, -0.2) is 4.39 Å². The number of ether oxygens (including phenoxy) is 1. The van der Waals surface area contributed by atoms with Crippen molar-refractivity contribution < 1.29 is 9.13 Å². The molecule has 0 atom stereocenters. The molecular weight excluding hydrogens is 206 g/mol. The Balaban J connectivity index is -0.000000405. The van der Waals surface area contributed by atoms with E-state index in [4.69, 9.17) is 16.2 Å². The van der Waals surface area contributed by atoms with Crippen LogP contribution in [0, 0.1) is 0 Å². The Morgan fingerprint density at radius 2 is 1.67 bits per heavy atom. The van der Waals surface area contributed by atoms with Crippen molar-refractivity contribution in [2.75, 3.05) is 26.8 Å². The highest BCUT2D eigenvalue weighted by atomic mass is 35.5. The van der Waals surface area contributed by atoms with Crippen molar-refractivity contribution in [3.63, 3.8) is 0 Å². The number of hydrogen-bond donors (Lipinski definition) is 2. The van der Waals surface area contributed by atoms with Crippen molar-refractivity contribution in [2.45, 2.75) is 12.1 Å². The molecule has 0 aromatic heterocycles. The summed E-state index contributed by atoms with van der Waals surface area (Å²) in [7, 11) is 1.52. The molecule has 0 aliphatic rings. The van der Waals surface area contributed by atoms with Crippen LogP contribution in [0.1, 0.15) is 6.42 Å². The van der Waals surface area contributed by atoms with E-state index < -0.39 is 5.67 Å². The third-order valence-corrected chi connectivity index (χ3v) is 1.49. The molecule has 0 heterocycles. The highest BCUT2D eigenvalue weighted by Gasteiger charge is 2.24. The molecule has 0 unspecified atom stereocenters. The van der Waals surface area contributed by atoms with Crippen molar-refractivity contribution in [3.05, 3.63) is 0 Å². The predicted octanol–water partition coefficient (Wildman–Crippen LogP) is 0.492. The SMILES string of the molecule is COCCC(F)(CN)CN.Cl.Cl. The maximum atomic E-state index is 13.1. The van der Waals surface area contributed by atoms with Crippen LogP contribution in [0.3, 0.4) is 0 Å². The first kappa shape index (κ1) is 18.2. The van der Waals surface area contributed by atoms with Crippen LogP contribution >= 0.6 is 24.8 Å². The second-order valence-electron chi connectivity index (χ2n) is 2.30. The lowest BCUT2D eigenvalue weighted by molar-refractivity contribution is 0.105. The molecule has 0 bridgehead atoms. The number of halogens is 3. The Hall–Kier alpha value is 0.390. The number of nitrogens with two attached hydrogens (primary N) is 2. The third kappa shape index (κ3) is 7.06. The Kier molecular flexibility index (Phi) is 14.4. The summed E-state index contributed by atoms with van der Waals surface area (Å²) in [4.78, 5) is 0. The minimum atomic E-state index is -1.43. The zero-order valence-electron chi connectivity index (χ0n) is 7.09. The lowest BCUT2D eigenvalue weighted by atomic mass is 10.0. The van der Waals surface area contributed by atoms with Crippen LogP contribution in [0.25, 0.3) is 0 Å². The fourth-order valence-electron chi connectivity index (χ4n) is 0.572. The van der Waals surface area contributed by atoms with E-state index in [1.165, 1.54) is 7.11 Å². The van der Waals surface area contributed by atoms with Crippen molar-refractivity contribution in [2.24, 2.45) is 11.5 Å². The van der Waals surface area contributed by atoms with Gasteiger partial charge in [0.05, 0.1) is 0 Å². The quantitative estimate of drug-likeness (QED) is 0.713. The Bertz CT molecular complexity index is 93.6. The average Bonchev–Trinajstić information content (AvgIpc) is 2.00. The first-order chi connectivity index (χ1) is 4.68. The molecule has 0 aromatic rings. The van der Waals surface area contributed by atoms with Crippen LogP contribution in [-0.4, -0.2) is 32.5 Å². The lowest BCUT2D eigenvalue weighted by Crippen LogP contribution is -2.41. The second-order valence-corrected chi connectivity index (χ2v) is 2.30. The predicted molar refractivity (Wildman–Crippen MR) is 52.9 cm³/mol. The van der Waals surface area contributed by atoms with E-state index in [1.54, 1.807) is 0 Å². The third-order valence-electron chi connectivity index (χ3n) is 1.49. The van der Waals surface area contributed by atoms with E-state index in [0.29, 0.717) is 6.61 Å². The zero-order chi connectivity index (χ0) is 8.04. The summed E-state index contributed by atoms with van der Waals surface area (Å²) in [5.41, 5.74) is 8.86. The minimum Gasteiger partial charge on any atom is -0.385 e. The van der Waals surface area contributed by atoms with Gasteiger partial charge in [0, 0.05) is 33.2 Å². The monoisotopic (exact) mass is 222 g/mol. The highest BCUT2D eigenvalue weighted by Crippen LogP contribution is 2.11. The van der Waals surface area contributed by atoms with Crippen LogP contribution in [0.4, 0.5) is 4.39 Å². The van der Waals surface area contributed by atoms with Crippen molar-refractivity contribution in [1.29, 1.82) is 0 Å². The zero-order valence-corrected chi connectivity index (χ0v) is 8.72. The number of hydrogen-bond acceptors (Lipinski definition) is 3. The largest absolute Gasteiger partial charge is 0.385 e. The minimum absolute atomic E-state index is 0. The Morgan fingerprint density at radius 1 is 1.25 bits per heavy atom. The fraction of sp³-hybridized carbons (Fsp3) is 1.00. The molecule has 12 heavy (non-hydrogen) atoms. The van der Waals surface area contributed by atoms with Gasteiger partial charge in [-0.3, -0.25) is 0 Å². The summed E-state index contributed by atoms with van der Waals surface area (Å²) in [6.45, 7) is 0.296. The van der Waals surface area contributed by atoms with Crippen molar-refractivity contribution in [3.8, 4) is 0 Å². The van der Waals surface area contributed by atoms with E-state index >= 15 is 0 Å². The average molecular weight is 223 g/mol. The van der Waals surface area contributed by atoms with E-state index in [1.807, 2.05) is 0 Å². The molecular formula is C6H17Cl2FN2O. The summed E-state index contributed by atoms with van der Waals surface area (Å²) in [6, 6.07) is 0. The lowest BCUT2D eigenvalue weighted by Gasteiger charge is -2.20. The van der Waals surface area contributed by atoms with Gasteiger partial charge in [0.2, 0.25) is 0 Å². The fourth-order valence-corrected chi connectivity index (χ4v) is 0.572. The summed E-state index contributed by atoms with van der Waals surface area (Å²) in [6.07, 6.45) is 0.274. The molecule has 3 nitrogen and oxygen atoms in total. The van der Waals surface area contributed by atoms with Gasteiger partial charge in [0.1, 0.15) is 5.67 Å². The smallest absolute Gasteiger partial charge is 0.137 e. The van der Waals surface area contributed by atoms with Gasteiger partial charge in [-0.05, 0) is 0 Å². The molecule has 0 spiro atoms. The van der Waals surface area contributed by atoms with E-state index in [-0.39, 0.29) is 44.3 Å². The molecule has 78 valence electrons. The van der Waals surface area contributed by atoms with Gasteiger partial charge in [-0.1, -0.05) is 0 Å². The van der Waals surface area contributed by atoms with Gasteiger partial charge in [-0.15, -0.1) is 24.8 Å². The number of methoxy groups -OCH3 is 1. The normalized spacial score (nSPS) is 10.0. The second kappa shape index (κ2) is 9.48. The summed E-state index contributed by atoms with van der Waals surface area (Å²) >= 11 is 0. The summed E-state index contributed by atoms with van der Waals surface area (Å²) in [5, 5.41) is 0. The molecule has 0 aliphatic carbocycles. The molecule has 0 radical (unpaired) electrons. The maximum absolute atomic E-state index is 13.1. The Morgan fingerprint density at radius 3 is 1.92 bits per heavy atom. The molecule has 4 N–H and O–H groups in total. The Labute approximate surface area is 84.8 Å². The molecule has 0 amide bonds. The van der Waals surface area contributed by atoms with Crippen LogP contribution < -0.4 is 11.5 Å². The summed E-state index contributed by atoms with van der Waals surface area (Å²) < 4.78 is 17.8. The first-order valence-corrected chi connectivity index (χ1v) is 3.26. The molecule has 0 rings (SSSR count). The van der Waals surface area contributed by atoms with Gasteiger partial charge in [0.15, 0.2) is 0 Å². The standard InChI is InChI=1S/C6H15FN2O.2ClH/c1-10-3-2-6(7,4-8)5-9;;/h2-5,8-9H2,1H3;2*1H. The molecule has 0 aliphatic heterocycles. The van der Waals surface area contributed by atoms with Gasteiger partial charge in [-0.2, -0.15) is 0 Å².